The third kappa shape index (κ3) is 3.27. The molecule has 1 aromatic carbocycles. The molecule has 2 aliphatic rings. The van der Waals surface area contributed by atoms with Crippen molar-refractivity contribution >= 4 is 17.7 Å². The van der Waals surface area contributed by atoms with Crippen LogP contribution < -0.4 is 5.73 Å². The predicted octanol–water partition coefficient (Wildman–Crippen LogP) is 3.04. The smallest absolute Gasteiger partial charge is 0.253 e. The minimum Gasteiger partial charge on any atom is -0.336 e. The first kappa shape index (κ1) is 14.9. The average molecular weight is 304 g/mol. The van der Waals surface area contributed by atoms with E-state index in [4.69, 9.17) is 5.73 Å². The van der Waals surface area contributed by atoms with Gasteiger partial charge in [-0.3, -0.25) is 4.79 Å². The lowest BCUT2D eigenvalue weighted by atomic mass is 9.87. The third-order valence-electron chi connectivity index (χ3n) is 4.74. The van der Waals surface area contributed by atoms with Crippen molar-refractivity contribution in [1.29, 1.82) is 0 Å². The Labute approximate surface area is 131 Å². The standard InChI is InChI=1S/C17H24N2OS/c18-12-14-4-6-15(7-5-14)16(20)19-10-11-21-17(13-19)8-2-1-3-9-17/h4-7H,1-3,8-13,18H2. The molecule has 1 heterocycles. The largest absolute Gasteiger partial charge is 0.336 e. The summed E-state index contributed by atoms with van der Waals surface area (Å²) in [6, 6.07) is 7.75. The Balaban J connectivity index is 1.71. The van der Waals surface area contributed by atoms with Crippen LogP contribution in [0.2, 0.25) is 0 Å². The quantitative estimate of drug-likeness (QED) is 0.913. The lowest BCUT2D eigenvalue weighted by Crippen LogP contribution is -2.49. The number of carbonyl (C=O) groups excluding carboxylic acids is 1. The molecule has 2 N–H and O–H groups in total. The van der Waals surface area contributed by atoms with Crippen LogP contribution in [0.5, 0.6) is 0 Å². The van der Waals surface area contributed by atoms with Crippen LogP contribution in [-0.2, 0) is 6.54 Å². The molecule has 0 aromatic heterocycles. The number of carbonyl (C=O) groups is 1. The maximum atomic E-state index is 12.7. The minimum absolute atomic E-state index is 0.184. The van der Waals surface area contributed by atoms with Crippen molar-refractivity contribution in [3.8, 4) is 0 Å². The van der Waals surface area contributed by atoms with Gasteiger partial charge in [0.05, 0.1) is 0 Å². The van der Waals surface area contributed by atoms with Crippen LogP contribution in [0.1, 0.15) is 48.0 Å². The fourth-order valence-corrected chi connectivity index (χ4v) is 5.05. The zero-order valence-corrected chi connectivity index (χ0v) is 13.3. The van der Waals surface area contributed by atoms with E-state index in [-0.39, 0.29) is 5.91 Å². The summed E-state index contributed by atoms with van der Waals surface area (Å²) in [5, 5.41) is 0. The molecule has 3 rings (SSSR count). The molecule has 0 atom stereocenters. The van der Waals surface area contributed by atoms with Crippen molar-refractivity contribution < 1.29 is 4.79 Å². The van der Waals surface area contributed by atoms with Crippen LogP contribution in [0.4, 0.5) is 0 Å². The summed E-state index contributed by atoms with van der Waals surface area (Å²) in [5.74, 6) is 1.26. The molecule has 0 unspecified atom stereocenters. The van der Waals surface area contributed by atoms with E-state index in [1.807, 2.05) is 24.3 Å². The highest BCUT2D eigenvalue weighted by molar-refractivity contribution is 8.00. The molecule has 1 aliphatic heterocycles. The van der Waals surface area contributed by atoms with Crippen LogP contribution in [0, 0.1) is 0 Å². The van der Waals surface area contributed by atoms with E-state index in [2.05, 4.69) is 16.7 Å². The number of nitrogens with zero attached hydrogens (tertiary/aromatic N) is 1. The van der Waals surface area contributed by atoms with E-state index in [1.165, 1.54) is 32.1 Å². The van der Waals surface area contributed by atoms with E-state index >= 15 is 0 Å². The molecular weight excluding hydrogens is 280 g/mol. The number of thioether (sulfide) groups is 1. The number of rotatable bonds is 2. The first-order valence-corrected chi connectivity index (χ1v) is 8.93. The molecule has 2 fully saturated rings. The summed E-state index contributed by atoms with van der Waals surface area (Å²) in [5.41, 5.74) is 7.48. The summed E-state index contributed by atoms with van der Waals surface area (Å²) < 4.78 is 0.337. The molecule has 1 aromatic rings. The van der Waals surface area contributed by atoms with Gasteiger partial charge in [-0.1, -0.05) is 31.4 Å². The summed E-state index contributed by atoms with van der Waals surface area (Å²) in [6.45, 7) is 2.33. The van der Waals surface area contributed by atoms with Crippen molar-refractivity contribution in [2.24, 2.45) is 5.73 Å². The van der Waals surface area contributed by atoms with E-state index in [9.17, 15) is 4.79 Å². The number of benzene rings is 1. The summed E-state index contributed by atoms with van der Waals surface area (Å²) in [7, 11) is 0. The SMILES string of the molecule is NCc1ccc(C(=O)N2CCSC3(CCCCC3)C2)cc1. The normalized spacial score (nSPS) is 21.5. The Bertz CT molecular complexity index is 489. The summed E-state index contributed by atoms with van der Waals surface area (Å²) in [6.07, 6.45) is 6.54. The Hall–Kier alpha value is -1.00. The molecule has 21 heavy (non-hydrogen) atoms. The highest BCUT2D eigenvalue weighted by Gasteiger charge is 2.38. The first-order chi connectivity index (χ1) is 10.2. The molecule has 1 aliphatic carbocycles. The lowest BCUT2D eigenvalue weighted by molar-refractivity contribution is 0.0730. The van der Waals surface area contributed by atoms with Gasteiger partial charge in [-0.05, 0) is 30.5 Å². The Morgan fingerprint density at radius 1 is 1.19 bits per heavy atom. The number of nitrogens with two attached hydrogens (primary N) is 1. The molecule has 0 radical (unpaired) electrons. The van der Waals surface area contributed by atoms with Crippen LogP contribution in [0.15, 0.2) is 24.3 Å². The van der Waals surface area contributed by atoms with Gasteiger partial charge in [-0.15, -0.1) is 0 Å². The molecule has 1 spiro atoms. The van der Waals surface area contributed by atoms with Crippen LogP contribution >= 0.6 is 11.8 Å². The molecule has 1 saturated heterocycles. The second kappa shape index (κ2) is 6.41. The van der Waals surface area contributed by atoms with Crippen molar-refractivity contribution in [3.63, 3.8) is 0 Å². The molecule has 3 nitrogen and oxygen atoms in total. The molecular formula is C17H24N2OS. The average Bonchev–Trinajstić information content (AvgIpc) is 2.55. The van der Waals surface area contributed by atoms with Crippen molar-refractivity contribution in [2.45, 2.75) is 43.4 Å². The molecule has 114 valence electrons. The second-order valence-corrected chi connectivity index (χ2v) is 7.78. The third-order valence-corrected chi connectivity index (χ3v) is 6.27. The molecule has 1 saturated carbocycles. The molecule has 0 bridgehead atoms. The molecule has 4 heteroatoms. The summed E-state index contributed by atoms with van der Waals surface area (Å²) in [4.78, 5) is 14.8. The maximum absolute atomic E-state index is 12.7. The Morgan fingerprint density at radius 2 is 1.90 bits per heavy atom. The van der Waals surface area contributed by atoms with Gasteiger partial charge >= 0.3 is 0 Å². The van der Waals surface area contributed by atoms with Gasteiger partial charge in [0.15, 0.2) is 0 Å². The number of hydrogen-bond donors (Lipinski definition) is 1. The van der Waals surface area contributed by atoms with Crippen LogP contribution in [0.25, 0.3) is 0 Å². The van der Waals surface area contributed by atoms with Gasteiger partial charge < -0.3 is 10.6 Å². The van der Waals surface area contributed by atoms with Crippen LogP contribution in [-0.4, -0.2) is 34.4 Å². The summed E-state index contributed by atoms with van der Waals surface area (Å²) >= 11 is 2.10. The highest BCUT2D eigenvalue weighted by Crippen LogP contribution is 2.42. The van der Waals surface area contributed by atoms with Gasteiger partial charge in [-0.2, -0.15) is 11.8 Å². The highest BCUT2D eigenvalue weighted by atomic mass is 32.2. The fourth-order valence-electron chi connectivity index (χ4n) is 3.48. The lowest BCUT2D eigenvalue weighted by Gasteiger charge is -2.44. The monoisotopic (exact) mass is 304 g/mol. The number of amides is 1. The van der Waals surface area contributed by atoms with Gasteiger partial charge in [0.1, 0.15) is 0 Å². The Morgan fingerprint density at radius 3 is 2.57 bits per heavy atom. The predicted molar refractivity (Wildman–Crippen MR) is 88.5 cm³/mol. The van der Waals surface area contributed by atoms with E-state index in [0.717, 1.165) is 30.0 Å². The number of hydrogen-bond acceptors (Lipinski definition) is 3. The van der Waals surface area contributed by atoms with Crippen LogP contribution in [0.3, 0.4) is 0 Å². The maximum Gasteiger partial charge on any atom is 0.253 e. The zero-order valence-electron chi connectivity index (χ0n) is 12.5. The van der Waals surface area contributed by atoms with E-state index in [1.54, 1.807) is 0 Å². The first-order valence-electron chi connectivity index (χ1n) is 7.95. The van der Waals surface area contributed by atoms with E-state index < -0.39 is 0 Å². The van der Waals surface area contributed by atoms with Crippen molar-refractivity contribution in [2.75, 3.05) is 18.8 Å². The van der Waals surface area contributed by atoms with Crippen molar-refractivity contribution in [1.82, 2.24) is 4.90 Å². The van der Waals surface area contributed by atoms with Gasteiger partial charge in [0.25, 0.3) is 5.91 Å². The van der Waals surface area contributed by atoms with Crippen molar-refractivity contribution in [3.05, 3.63) is 35.4 Å². The zero-order chi connectivity index (χ0) is 14.7. The Kier molecular flexibility index (Phi) is 4.55. The fraction of sp³-hybridized carbons (Fsp3) is 0.588. The minimum atomic E-state index is 0.184. The topological polar surface area (TPSA) is 46.3 Å². The second-order valence-electron chi connectivity index (χ2n) is 6.22. The van der Waals surface area contributed by atoms with Gasteiger partial charge in [0.2, 0.25) is 0 Å². The van der Waals surface area contributed by atoms with Gasteiger partial charge in [0, 0.05) is 35.7 Å². The van der Waals surface area contributed by atoms with Gasteiger partial charge in [-0.25, -0.2) is 0 Å². The molecule has 1 amide bonds. The van der Waals surface area contributed by atoms with E-state index in [0.29, 0.717) is 11.3 Å².